The van der Waals surface area contributed by atoms with E-state index >= 15 is 0 Å². The van der Waals surface area contributed by atoms with E-state index in [2.05, 4.69) is 30.9 Å². The first kappa shape index (κ1) is 22.1. The second-order valence-electron chi connectivity index (χ2n) is 8.72. The fraction of sp³-hybridized carbons (Fsp3) is 0.333. The molecule has 0 bridgehead atoms. The second kappa shape index (κ2) is 9.68. The summed E-state index contributed by atoms with van der Waals surface area (Å²) in [5.74, 6) is 0.402. The van der Waals surface area contributed by atoms with Crippen LogP contribution in [0.1, 0.15) is 44.2 Å². The van der Waals surface area contributed by atoms with Gasteiger partial charge in [0.05, 0.1) is 0 Å². The molecule has 0 atom stereocenters. The van der Waals surface area contributed by atoms with Crippen molar-refractivity contribution in [2.24, 2.45) is 5.92 Å². The number of aromatic amines is 2. The number of thiocarbonyl (C=S) groups is 1. The smallest absolute Gasteiger partial charge is 0.265 e. The van der Waals surface area contributed by atoms with Crippen LogP contribution in [-0.2, 0) is 9.59 Å². The van der Waals surface area contributed by atoms with Gasteiger partial charge in [0.1, 0.15) is 5.57 Å². The van der Waals surface area contributed by atoms with Gasteiger partial charge in [0.15, 0.2) is 10.9 Å². The molecule has 174 valence electrons. The number of H-pyrrole nitrogens is 2. The van der Waals surface area contributed by atoms with E-state index in [1.165, 1.54) is 37.0 Å². The first-order valence-electron chi connectivity index (χ1n) is 11.5. The van der Waals surface area contributed by atoms with Gasteiger partial charge >= 0.3 is 0 Å². The van der Waals surface area contributed by atoms with Gasteiger partial charge in [-0.15, -0.1) is 5.10 Å². The molecule has 0 radical (unpaired) electrons. The first-order chi connectivity index (χ1) is 16.6. The number of hydrogen-bond donors (Lipinski definition) is 3. The van der Waals surface area contributed by atoms with Crippen molar-refractivity contribution in [2.45, 2.75) is 38.5 Å². The third kappa shape index (κ3) is 4.67. The lowest BCUT2D eigenvalue weighted by molar-refractivity contribution is -0.129. The van der Waals surface area contributed by atoms with Crippen LogP contribution in [0.15, 0.2) is 42.0 Å². The predicted molar refractivity (Wildman–Crippen MR) is 131 cm³/mol. The molecule has 10 heteroatoms. The number of nitrogens with zero attached hydrogens (tertiary/aromatic N) is 4. The van der Waals surface area contributed by atoms with Gasteiger partial charge in [0.2, 0.25) is 0 Å². The summed E-state index contributed by atoms with van der Waals surface area (Å²) in [7, 11) is 0. The summed E-state index contributed by atoms with van der Waals surface area (Å²) in [5.41, 5.74) is 3.44. The number of nitrogens with one attached hydrogen (secondary N) is 3. The highest BCUT2D eigenvalue weighted by molar-refractivity contribution is 7.80. The average molecular weight is 476 g/mol. The monoisotopic (exact) mass is 475 g/mol. The van der Waals surface area contributed by atoms with Crippen molar-refractivity contribution in [3.63, 3.8) is 0 Å². The van der Waals surface area contributed by atoms with E-state index in [9.17, 15) is 9.59 Å². The number of hydrogen-bond acceptors (Lipinski definition) is 6. The van der Waals surface area contributed by atoms with Crippen LogP contribution in [0, 0.1) is 5.92 Å². The Kier molecular flexibility index (Phi) is 6.31. The van der Waals surface area contributed by atoms with Crippen LogP contribution in [0.2, 0.25) is 0 Å². The van der Waals surface area contributed by atoms with E-state index in [0.717, 1.165) is 23.2 Å². The topological polar surface area (TPSA) is 120 Å². The fourth-order valence-corrected chi connectivity index (χ4v) is 4.86. The van der Waals surface area contributed by atoms with E-state index in [1.54, 1.807) is 6.08 Å². The van der Waals surface area contributed by atoms with Gasteiger partial charge in [0, 0.05) is 23.5 Å². The fourth-order valence-electron chi connectivity index (χ4n) is 4.59. The van der Waals surface area contributed by atoms with E-state index < -0.39 is 5.91 Å². The molecule has 1 aromatic carbocycles. The van der Waals surface area contributed by atoms with Gasteiger partial charge < -0.3 is 4.98 Å². The molecule has 0 unspecified atom stereocenters. The molecule has 2 fully saturated rings. The van der Waals surface area contributed by atoms with Crippen LogP contribution in [0.25, 0.3) is 28.7 Å². The number of tetrazole rings is 1. The van der Waals surface area contributed by atoms with Gasteiger partial charge in [-0.05, 0) is 58.8 Å². The minimum Gasteiger partial charge on any atom is -0.355 e. The van der Waals surface area contributed by atoms with Crippen molar-refractivity contribution in [1.29, 1.82) is 0 Å². The van der Waals surface area contributed by atoms with Crippen molar-refractivity contribution < 1.29 is 9.59 Å². The van der Waals surface area contributed by atoms with Gasteiger partial charge in [-0.25, -0.2) is 5.10 Å². The number of carbonyl (C=O) groups is 2. The number of rotatable bonds is 6. The molecule has 2 aromatic heterocycles. The maximum atomic E-state index is 13.1. The number of aromatic nitrogens is 5. The molecule has 1 saturated heterocycles. The highest BCUT2D eigenvalue weighted by atomic mass is 32.1. The molecule has 34 heavy (non-hydrogen) atoms. The summed E-state index contributed by atoms with van der Waals surface area (Å²) in [6.07, 6.45) is 8.69. The number of carbonyl (C=O) groups excluding carboxylic acids is 2. The normalized spacial score (nSPS) is 18.5. The van der Waals surface area contributed by atoms with Crippen LogP contribution >= 0.6 is 12.2 Å². The molecule has 2 aliphatic rings. The molecular weight excluding hydrogens is 450 g/mol. The summed E-state index contributed by atoms with van der Waals surface area (Å²) in [6, 6.07) is 11.5. The van der Waals surface area contributed by atoms with Crippen molar-refractivity contribution in [3.8, 4) is 22.6 Å². The zero-order valence-corrected chi connectivity index (χ0v) is 19.4. The zero-order valence-electron chi connectivity index (χ0n) is 18.6. The highest BCUT2D eigenvalue weighted by Gasteiger charge is 2.33. The van der Waals surface area contributed by atoms with Crippen molar-refractivity contribution in [1.82, 2.24) is 35.8 Å². The Labute approximate surface area is 202 Å². The van der Waals surface area contributed by atoms with E-state index in [4.69, 9.17) is 12.2 Å². The number of benzene rings is 1. The highest BCUT2D eigenvalue weighted by Crippen LogP contribution is 2.27. The molecule has 1 aliphatic heterocycles. The van der Waals surface area contributed by atoms with Crippen LogP contribution in [0.5, 0.6) is 0 Å². The maximum Gasteiger partial charge on any atom is 0.265 e. The Morgan fingerprint density at radius 1 is 1.03 bits per heavy atom. The summed E-state index contributed by atoms with van der Waals surface area (Å²) < 4.78 is 0. The summed E-state index contributed by atoms with van der Waals surface area (Å²) >= 11 is 5.30. The van der Waals surface area contributed by atoms with E-state index in [0.29, 0.717) is 24.0 Å². The Hall–Kier alpha value is -3.66. The van der Waals surface area contributed by atoms with Gasteiger partial charge in [-0.2, -0.15) is 0 Å². The molecule has 2 amide bonds. The third-order valence-corrected chi connectivity index (χ3v) is 6.82. The predicted octanol–water partition coefficient (Wildman–Crippen LogP) is 3.46. The molecule has 9 nitrogen and oxygen atoms in total. The summed E-state index contributed by atoms with van der Waals surface area (Å²) in [4.78, 5) is 30.5. The Balaban J connectivity index is 1.30. The molecule has 1 saturated carbocycles. The lowest BCUT2D eigenvalue weighted by Gasteiger charge is -2.31. The molecular formula is C24H25N7O2S. The van der Waals surface area contributed by atoms with E-state index in [1.807, 2.05) is 36.4 Å². The maximum absolute atomic E-state index is 13.1. The average Bonchev–Trinajstić information content (AvgIpc) is 3.55. The molecule has 3 aromatic rings. The molecule has 3 heterocycles. The third-order valence-electron chi connectivity index (χ3n) is 6.49. The molecule has 1 aliphatic carbocycles. The van der Waals surface area contributed by atoms with Crippen LogP contribution in [0.3, 0.4) is 0 Å². The molecule has 0 spiro atoms. The largest absolute Gasteiger partial charge is 0.355 e. The quantitative estimate of drug-likeness (QED) is 0.285. The molecule has 5 rings (SSSR count). The Morgan fingerprint density at radius 2 is 1.79 bits per heavy atom. The first-order valence-corrected chi connectivity index (χ1v) is 11.9. The van der Waals surface area contributed by atoms with Crippen LogP contribution in [0.4, 0.5) is 0 Å². The zero-order chi connectivity index (χ0) is 23.5. The van der Waals surface area contributed by atoms with Gasteiger partial charge in [0.25, 0.3) is 11.8 Å². The van der Waals surface area contributed by atoms with Crippen molar-refractivity contribution in [2.75, 3.05) is 6.54 Å². The minimum atomic E-state index is -0.468. The Morgan fingerprint density at radius 3 is 2.53 bits per heavy atom. The molecule has 3 N–H and O–H groups in total. The minimum absolute atomic E-state index is 0.0822. The lowest BCUT2D eigenvalue weighted by atomic mass is 9.87. The van der Waals surface area contributed by atoms with E-state index in [-0.39, 0.29) is 16.6 Å². The lowest BCUT2D eigenvalue weighted by Crippen LogP contribution is -2.54. The van der Waals surface area contributed by atoms with Crippen LogP contribution < -0.4 is 5.32 Å². The van der Waals surface area contributed by atoms with Crippen molar-refractivity contribution >= 4 is 35.2 Å². The van der Waals surface area contributed by atoms with Gasteiger partial charge in [-0.1, -0.05) is 56.4 Å². The summed E-state index contributed by atoms with van der Waals surface area (Å²) in [5, 5.41) is 16.7. The van der Waals surface area contributed by atoms with Crippen molar-refractivity contribution in [3.05, 3.63) is 47.7 Å². The number of amides is 2. The summed E-state index contributed by atoms with van der Waals surface area (Å²) in [6.45, 7) is 0.531. The SMILES string of the molecule is O=C1NC(=S)N(CCC2CCCCC2)C(=O)/C1=C/c1ccc(-c2ccc(-c3nnn[nH]3)cc2)[nH]1. The Bertz CT molecular complexity index is 1220. The van der Waals surface area contributed by atoms with Crippen LogP contribution in [-0.4, -0.2) is 54.0 Å². The second-order valence-corrected chi connectivity index (χ2v) is 9.11. The van der Waals surface area contributed by atoms with Gasteiger partial charge in [-0.3, -0.25) is 19.8 Å². The standard InChI is InChI=1S/C24H25N7O2S/c32-22-19(23(33)31(24(34)26-22)13-12-15-4-2-1-3-5-15)14-18-10-11-20(25-18)16-6-8-17(9-7-16)21-27-29-30-28-21/h6-11,14-15,25H,1-5,12-13H2,(H,26,32,34)(H,27,28,29,30)/b19-14+.